The third-order valence-electron chi connectivity index (χ3n) is 2.47. The van der Waals surface area contributed by atoms with Crippen molar-refractivity contribution in [2.45, 2.75) is 13.5 Å². The largest absolute Gasteiger partial charge is 0.493 e. The quantitative estimate of drug-likeness (QED) is 0.771. The van der Waals surface area contributed by atoms with E-state index in [1.165, 1.54) is 0 Å². The predicted octanol–water partition coefficient (Wildman–Crippen LogP) is 0.403. The first-order valence-corrected chi connectivity index (χ1v) is 5.03. The summed E-state index contributed by atoms with van der Waals surface area (Å²) in [6.07, 6.45) is 0. The van der Waals surface area contributed by atoms with Crippen LogP contribution >= 0.6 is 0 Å². The van der Waals surface area contributed by atoms with Crippen LogP contribution in [-0.2, 0) is 6.54 Å². The number of amidine groups is 1. The van der Waals surface area contributed by atoms with Crippen molar-refractivity contribution in [1.29, 1.82) is 0 Å². The number of nitrogens with two attached hydrogens (primary N) is 2. The van der Waals surface area contributed by atoms with Crippen LogP contribution in [0.1, 0.15) is 28.4 Å². The summed E-state index contributed by atoms with van der Waals surface area (Å²) in [5, 5.41) is 0. The Kier molecular flexibility index (Phi) is 2.52. The van der Waals surface area contributed by atoms with Crippen molar-refractivity contribution in [3.05, 3.63) is 28.8 Å². The number of fused-ring (bicyclic) bond motifs is 1. The number of hydrogen-bond donors (Lipinski definition) is 2. The molecule has 0 saturated heterocycles. The first kappa shape index (κ1) is 10.5. The number of carbonyl (C=O) groups is 1. The lowest BCUT2D eigenvalue weighted by atomic mass is 10.0. The van der Waals surface area contributed by atoms with E-state index in [1.807, 2.05) is 6.92 Å². The zero-order valence-electron chi connectivity index (χ0n) is 8.99. The van der Waals surface area contributed by atoms with E-state index in [9.17, 15) is 4.79 Å². The van der Waals surface area contributed by atoms with Gasteiger partial charge in [-0.2, -0.15) is 0 Å². The molecular weight excluding hydrogens is 206 g/mol. The molecule has 1 aromatic rings. The number of benzene rings is 1. The lowest BCUT2D eigenvalue weighted by Gasteiger charge is -2.10. The van der Waals surface area contributed by atoms with Crippen LogP contribution in [0, 0.1) is 0 Å². The Labute approximate surface area is 93.1 Å². The second-order valence-electron chi connectivity index (χ2n) is 3.50. The zero-order chi connectivity index (χ0) is 11.7. The Bertz CT molecular complexity index is 480. The van der Waals surface area contributed by atoms with Crippen molar-refractivity contribution >= 4 is 11.7 Å². The van der Waals surface area contributed by atoms with Gasteiger partial charge in [-0.1, -0.05) is 0 Å². The van der Waals surface area contributed by atoms with E-state index < -0.39 is 5.91 Å². The van der Waals surface area contributed by atoms with E-state index in [4.69, 9.17) is 16.2 Å². The van der Waals surface area contributed by atoms with Crippen LogP contribution in [0.5, 0.6) is 5.75 Å². The molecule has 2 rings (SSSR count). The third-order valence-corrected chi connectivity index (χ3v) is 2.47. The first-order valence-electron chi connectivity index (χ1n) is 5.03. The lowest BCUT2D eigenvalue weighted by molar-refractivity contribution is 0.0996. The first-order chi connectivity index (χ1) is 7.63. The average molecular weight is 219 g/mol. The minimum atomic E-state index is -0.522. The molecule has 0 aliphatic carbocycles. The summed E-state index contributed by atoms with van der Waals surface area (Å²) in [5.41, 5.74) is 13.1. The Balaban J connectivity index is 2.53. The van der Waals surface area contributed by atoms with Crippen molar-refractivity contribution in [2.24, 2.45) is 16.5 Å². The maximum atomic E-state index is 11.3. The van der Waals surface area contributed by atoms with Crippen LogP contribution in [0.15, 0.2) is 17.1 Å². The molecule has 1 aromatic carbocycles. The number of carbonyl (C=O) groups excluding carboxylic acids is 1. The number of nitrogens with zero attached hydrogens (tertiary/aromatic N) is 1. The van der Waals surface area contributed by atoms with Gasteiger partial charge in [0.05, 0.1) is 18.7 Å². The van der Waals surface area contributed by atoms with Gasteiger partial charge in [0.2, 0.25) is 0 Å². The Morgan fingerprint density at radius 2 is 2.31 bits per heavy atom. The predicted molar refractivity (Wildman–Crippen MR) is 60.6 cm³/mol. The number of hydrogen-bond acceptors (Lipinski definition) is 4. The number of primary amides is 1. The summed E-state index contributed by atoms with van der Waals surface area (Å²) in [4.78, 5) is 15.4. The summed E-state index contributed by atoms with van der Waals surface area (Å²) in [6, 6.07) is 3.43. The van der Waals surface area contributed by atoms with Crippen molar-refractivity contribution in [2.75, 3.05) is 6.61 Å². The van der Waals surface area contributed by atoms with E-state index in [0.717, 1.165) is 11.1 Å². The molecule has 0 spiro atoms. The minimum absolute atomic E-state index is 0.348. The number of amides is 1. The van der Waals surface area contributed by atoms with Gasteiger partial charge in [0.15, 0.2) is 0 Å². The molecule has 1 aliphatic heterocycles. The summed E-state index contributed by atoms with van der Waals surface area (Å²) in [5.74, 6) is 0.421. The monoisotopic (exact) mass is 219 g/mol. The highest BCUT2D eigenvalue weighted by Gasteiger charge is 2.19. The van der Waals surface area contributed by atoms with Gasteiger partial charge in [-0.05, 0) is 24.6 Å². The Hall–Kier alpha value is -2.04. The smallest absolute Gasteiger partial charge is 0.252 e. The standard InChI is InChI=1S/C11H13N3O2/c1-2-16-9-3-6-5-14-10(12)7(6)4-8(9)11(13)15/h3-4H,2,5H2,1H3,(H2,12,14)(H2,13,15). The van der Waals surface area contributed by atoms with Crippen molar-refractivity contribution in [3.8, 4) is 5.75 Å². The van der Waals surface area contributed by atoms with Gasteiger partial charge < -0.3 is 16.2 Å². The molecular formula is C11H13N3O2. The molecule has 0 saturated carbocycles. The summed E-state index contributed by atoms with van der Waals surface area (Å²) in [7, 11) is 0. The molecule has 84 valence electrons. The fourth-order valence-electron chi connectivity index (χ4n) is 1.71. The normalized spacial score (nSPS) is 13.2. The molecule has 1 aliphatic rings. The van der Waals surface area contributed by atoms with Crippen molar-refractivity contribution in [1.82, 2.24) is 0 Å². The van der Waals surface area contributed by atoms with Crippen molar-refractivity contribution < 1.29 is 9.53 Å². The fraction of sp³-hybridized carbons (Fsp3) is 0.273. The van der Waals surface area contributed by atoms with Gasteiger partial charge in [0, 0.05) is 5.56 Å². The molecule has 0 unspecified atom stereocenters. The van der Waals surface area contributed by atoms with Crippen LogP contribution in [0.3, 0.4) is 0 Å². The molecule has 0 atom stereocenters. The maximum Gasteiger partial charge on any atom is 0.252 e. The molecule has 0 bridgehead atoms. The van der Waals surface area contributed by atoms with E-state index in [-0.39, 0.29) is 0 Å². The molecule has 1 heterocycles. The third kappa shape index (κ3) is 1.60. The summed E-state index contributed by atoms with van der Waals surface area (Å²) >= 11 is 0. The summed E-state index contributed by atoms with van der Waals surface area (Å²) in [6.45, 7) is 2.86. The molecule has 0 fully saturated rings. The molecule has 0 aromatic heterocycles. The molecule has 4 N–H and O–H groups in total. The fourth-order valence-corrected chi connectivity index (χ4v) is 1.71. The number of rotatable bonds is 3. The van der Waals surface area contributed by atoms with Crippen molar-refractivity contribution in [3.63, 3.8) is 0 Å². The Morgan fingerprint density at radius 1 is 1.56 bits per heavy atom. The highest BCUT2D eigenvalue weighted by Crippen LogP contribution is 2.27. The van der Waals surface area contributed by atoms with E-state index in [1.54, 1.807) is 12.1 Å². The molecule has 1 amide bonds. The zero-order valence-corrected chi connectivity index (χ0v) is 8.99. The van der Waals surface area contributed by atoms with Gasteiger partial charge in [-0.25, -0.2) is 0 Å². The maximum absolute atomic E-state index is 11.3. The average Bonchev–Trinajstić information content (AvgIpc) is 2.59. The van der Waals surface area contributed by atoms with Crippen LogP contribution in [0.25, 0.3) is 0 Å². The van der Waals surface area contributed by atoms with Crippen LogP contribution in [-0.4, -0.2) is 18.3 Å². The van der Waals surface area contributed by atoms with Gasteiger partial charge >= 0.3 is 0 Å². The highest BCUT2D eigenvalue weighted by molar-refractivity contribution is 6.04. The van der Waals surface area contributed by atoms with Crippen LogP contribution in [0.4, 0.5) is 0 Å². The van der Waals surface area contributed by atoms with E-state index in [2.05, 4.69) is 4.99 Å². The number of ether oxygens (including phenoxy) is 1. The molecule has 16 heavy (non-hydrogen) atoms. The minimum Gasteiger partial charge on any atom is -0.493 e. The topological polar surface area (TPSA) is 90.7 Å². The van der Waals surface area contributed by atoms with Crippen LogP contribution < -0.4 is 16.2 Å². The second-order valence-corrected chi connectivity index (χ2v) is 3.50. The molecule has 5 heteroatoms. The number of aliphatic imine (C=N–C) groups is 1. The van der Waals surface area contributed by atoms with Gasteiger partial charge in [-0.15, -0.1) is 0 Å². The van der Waals surface area contributed by atoms with E-state index >= 15 is 0 Å². The van der Waals surface area contributed by atoms with Gasteiger partial charge in [0.1, 0.15) is 11.6 Å². The molecule has 5 nitrogen and oxygen atoms in total. The molecule has 0 radical (unpaired) electrons. The van der Waals surface area contributed by atoms with E-state index in [0.29, 0.717) is 30.3 Å². The lowest BCUT2D eigenvalue weighted by Crippen LogP contribution is -2.16. The SMILES string of the molecule is CCOc1cc2c(cc1C(N)=O)C(N)=NC2. The highest BCUT2D eigenvalue weighted by atomic mass is 16.5. The second kappa shape index (κ2) is 3.84. The van der Waals surface area contributed by atoms with Crippen LogP contribution in [0.2, 0.25) is 0 Å². The van der Waals surface area contributed by atoms with Gasteiger partial charge in [-0.3, -0.25) is 9.79 Å². The van der Waals surface area contributed by atoms with Gasteiger partial charge in [0.25, 0.3) is 5.91 Å². The Morgan fingerprint density at radius 3 is 2.94 bits per heavy atom. The summed E-state index contributed by atoms with van der Waals surface area (Å²) < 4.78 is 5.37.